The van der Waals surface area contributed by atoms with Crippen molar-refractivity contribution in [3.63, 3.8) is 0 Å². The Labute approximate surface area is 133 Å². The van der Waals surface area contributed by atoms with Crippen LogP contribution in [0.25, 0.3) is 0 Å². The van der Waals surface area contributed by atoms with Gasteiger partial charge in [0.1, 0.15) is 6.04 Å². The van der Waals surface area contributed by atoms with Crippen molar-refractivity contribution in [2.24, 2.45) is 5.92 Å². The summed E-state index contributed by atoms with van der Waals surface area (Å²) in [7, 11) is 0. The first-order valence-electron chi connectivity index (χ1n) is 7.90. The first-order valence-corrected chi connectivity index (χ1v) is 7.90. The van der Waals surface area contributed by atoms with Gasteiger partial charge in [-0.3, -0.25) is 14.7 Å². The number of hydrogen-bond donors (Lipinski definition) is 2. The molecule has 1 aromatic carbocycles. The zero-order chi connectivity index (χ0) is 15.8. The summed E-state index contributed by atoms with van der Waals surface area (Å²) < 4.78 is 0. The predicted octanol–water partition coefficient (Wildman–Crippen LogP) is 1.05. The molecule has 2 atom stereocenters. The minimum Gasteiger partial charge on any atom is -0.342 e. The number of rotatable bonds is 3. The molecule has 6 heteroatoms. The number of nitrogens with zero attached hydrogens (tertiary/aromatic N) is 2. The summed E-state index contributed by atoms with van der Waals surface area (Å²) in [5, 5.41) is 9.87. The van der Waals surface area contributed by atoms with Crippen LogP contribution in [0.5, 0.6) is 0 Å². The fourth-order valence-corrected chi connectivity index (χ4v) is 3.30. The highest BCUT2D eigenvalue weighted by Crippen LogP contribution is 2.25. The number of carbonyl (C=O) groups is 2. The van der Waals surface area contributed by atoms with Gasteiger partial charge in [-0.25, -0.2) is 0 Å². The van der Waals surface area contributed by atoms with Crippen molar-refractivity contribution in [3.05, 3.63) is 47.8 Å². The standard InChI is InChI=1S/C17H18N4O2/c22-16(11-6-7-12-9-18-20-14(12)8-11)19-15-10-21(17(15)23)13-4-2-1-3-5-13/h1-5,9,11,15H,6-8,10H2,(H,18,20)(H,19,22). The van der Waals surface area contributed by atoms with E-state index in [2.05, 4.69) is 15.5 Å². The first kappa shape index (κ1) is 14.0. The molecule has 1 aliphatic carbocycles. The summed E-state index contributed by atoms with van der Waals surface area (Å²) in [6.45, 7) is 0.538. The Bertz CT molecular complexity index is 740. The Morgan fingerprint density at radius 2 is 2.13 bits per heavy atom. The summed E-state index contributed by atoms with van der Waals surface area (Å²) in [4.78, 5) is 26.3. The van der Waals surface area contributed by atoms with Crippen LogP contribution < -0.4 is 10.2 Å². The third-order valence-electron chi connectivity index (χ3n) is 4.70. The molecule has 1 aromatic heterocycles. The van der Waals surface area contributed by atoms with Crippen molar-refractivity contribution in [1.82, 2.24) is 15.5 Å². The smallest absolute Gasteiger partial charge is 0.251 e. The second-order valence-electron chi connectivity index (χ2n) is 6.16. The van der Waals surface area contributed by atoms with Gasteiger partial charge in [0.15, 0.2) is 0 Å². The van der Waals surface area contributed by atoms with E-state index in [0.717, 1.165) is 24.2 Å². The monoisotopic (exact) mass is 310 g/mol. The molecule has 1 aliphatic heterocycles. The van der Waals surface area contributed by atoms with Gasteiger partial charge in [0.2, 0.25) is 5.91 Å². The summed E-state index contributed by atoms with van der Waals surface area (Å²) in [6.07, 6.45) is 4.17. The van der Waals surface area contributed by atoms with Crippen LogP contribution in [0.3, 0.4) is 0 Å². The minimum absolute atomic E-state index is 0.0312. The number of β-lactam (4-membered cyclic amide) rings is 1. The van der Waals surface area contributed by atoms with E-state index in [0.29, 0.717) is 13.0 Å². The van der Waals surface area contributed by atoms with Gasteiger partial charge in [-0.2, -0.15) is 5.10 Å². The van der Waals surface area contributed by atoms with E-state index in [4.69, 9.17) is 0 Å². The van der Waals surface area contributed by atoms with Crippen LogP contribution in [-0.2, 0) is 22.4 Å². The molecule has 2 unspecified atom stereocenters. The van der Waals surface area contributed by atoms with E-state index in [-0.39, 0.29) is 17.7 Å². The number of nitrogens with one attached hydrogen (secondary N) is 2. The number of carbonyl (C=O) groups excluding carboxylic acids is 2. The lowest BCUT2D eigenvalue weighted by Crippen LogP contribution is -2.64. The average molecular weight is 310 g/mol. The van der Waals surface area contributed by atoms with Crippen molar-refractivity contribution in [3.8, 4) is 0 Å². The molecule has 0 spiro atoms. The van der Waals surface area contributed by atoms with Crippen LogP contribution in [-0.4, -0.2) is 34.6 Å². The molecule has 0 saturated carbocycles. The van der Waals surface area contributed by atoms with E-state index in [1.807, 2.05) is 36.5 Å². The van der Waals surface area contributed by atoms with Crippen LogP contribution in [0.15, 0.2) is 36.5 Å². The largest absolute Gasteiger partial charge is 0.342 e. The summed E-state index contributed by atoms with van der Waals surface area (Å²) >= 11 is 0. The van der Waals surface area contributed by atoms with Crippen molar-refractivity contribution in [2.45, 2.75) is 25.3 Å². The van der Waals surface area contributed by atoms with E-state index in [1.165, 1.54) is 5.56 Å². The van der Waals surface area contributed by atoms with Crippen LogP contribution in [0.1, 0.15) is 17.7 Å². The molecule has 6 nitrogen and oxygen atoms in total. The molecular weight excluding hydrogens is 292 g/mol. The number of amides is 2. The van der Waals surface area contributed by atoms with Gasteiger partial charge >= 0.3 is 0 Å². The van der Waals surface area contributed by atoms with Crippen LogP contribution in [0.4, 0.5) is 5.69 Å². The van der Waals surface area contributed by atoms with Gasteiger partial charge in [-0.15, -0.1) is 0 Å². The minimum atomic E-state index is -0.397. The number of hydrogen-bond acceptors (Lipinski definition) is 3. The fraction of sp³-hybridized carbons (Fsp3) is 0.353. The SMILES string of the molecule is O=C(NC1CN(c2ccccc2)C1=O)C1CCc2cn[nH]c2C1. The van der Waals surface area contributed by atoms with Gasteiger partial charge in [0.05, 0.1) is 12.7 Å². The van der Waals surface area contributed by atoms with Gasteiger partial charge in [0, 0.05) is 23.7 Å². The molecule has 2 aliphatic rings. The molecule has 4 rings (SSSR count). The van der Waals surface area contributed by atoms with E-state index in [9.17, 15) is 9.59 Å². The van der Waals surface area contributed by atoms with E-state index >= 15 is 0 Å². The summed E-state index contributed by atoms with van der Waals surface area (Å²) in [6, 6.07) is 9.12. The Kier molecular flexibility index (Phi) is 3.37. The Balaban J connectivity index is 1.35. The summed E-state index contributed by atoms with van der Waals surface area (Å²) in [5.74, 6) is -0.152. The molecule has 1 fully saturated rings. The van der Waals surface area contributed by atoms with Crippen molar-refractivity contribution in [1.29, 1.82) is 0 Å². The molecule has 2 heterocycles. The predicted molar refractivity (Wildman–Crippen MR) is 84.8 cm³/mol. The van der Waals surface area contributed by atoms with Gasteiger partial charge < -0.3 is 10.2 Å². The zero-order valence-corrected chi connectivity index (χ0v) is 12.7. The Morgan fingerprint density at radius 1 is 1.30 bits per heavy atom. The maximum atomic E-state index is 12.4. The third-order valence-corrected chi connectivity index (χ3v) is 4.70. The molecule has 23 heavy (non-hydrogen) atoms. The van der Waals surface area contributed by atoms with Crippen LogP contribution in [0, 0.1) is 5.92 Å². The maximum Gasteiger partial charge on any atom is 0.251 e. The Hall–Kier alpha value is -2.63. The second-order valence-corrected chi connectivity index (χ2v) is 6.16. The lowest BCUT2D eigenvalue weighted by atomic mass is 9.87. The lowest BCUT2D eigenvalue weighted by Gasteiger charge is -2.39. The first-order chi connectivity index (χ1) is 11.2. The van der Waals surface area contributed by atoms with E-state index < -0.39 is 6.04 Å². The highest BCUT2D eigenvalue weighted by atomic mass is 16.2. The topological polar surface area (TPSA) is 78.1 Å². The highest BCUT2D eigenvalue weighted by molar-refractivity contribution is 6.05. The molecule has 2 aromatic rings. The van der Waals surface area contributed by atoms with Gasteiger partial charge in [-0.05, 0) is 30.5 Å². The number of aryl methyl sites for hydroxylation is 1. The zero-order valence-electron chi connectivity index (χ0n) is 12.7. The van der Waals surface area contributed by atoms with Crippen molar-refractivity contribution >= 4 is 17.5 Å². The lowest BCUT2D eigenvalue weighted by molar-refractivity contribution is -0.132. The normalized spacial score (nSPS) is 23.1. The summed E-state index contributed by atoms with van der Waals surface area (Å²) in [5.41, 5.74) is 3.12. The Morgan fingerprint density at radius 3 is 2.91 bits per heavy atom. The molecule has 1 saturated heterocycles. The number of H-pyrrole nitrogens is 1. The van der Waals surface area contributed by atoms with Crippen molar-refractivity contribution < 1.29 is 9.59 Å². The molecule has 0 bridgehead atoms. The third kappa shape index (κ3) is 2.50. The van der Waals surface area contributed by atoms with Crippen LogP contribution >= 0.6 is 0 Å². The average Bonchev–Trinajstić information content (AvgIpc) is 3.06. The molecule has 2 amide bonds. The van der Waals surface area contributed by atoms with Crippen LogP contribution in [0.2, 0.25) is 0 Å². The number of benzene rings is 1. The van der Waals surface area contributed by atoms with Crippen molar-refractivity contribution in [2.75, 3.05) is 11.4 Å². The quantitative estimate of drug-likeness (QED) is 0.832. The molecule has 118 valence electrons. The van der Waals surface area contributed by atoms with Gasteiger partial charge in [-0.1, -0.05) is 18.2 Å². The number of fused-ring (bicyclic) bond motifs is 1. The maximum absolute atomic E-state index is 12.4. The number of para-hydroxylation sites is 1. The second kappa shape index (κ2) is 5.53. The number of aromatic nitrogens is 2. The molecule has 0 radical (unpaired) electrons. The molecular formula is C17H18N4O2. The van der Waals surface area contributed by atoms with E-state index in [1.54, 1.807) is 4.90 Å². The van der Waals surface area contributed by atoms with Gasteiger partial charge in [0.25, 0.3) is 5.91 Å². The highest BCUT2D eigenvalue weighted by Gasteiger charge is 2.39. The number of anilines is 1. The number of aromatic amines is 1. The molecule has 2 N–H and O–H groups in total. The fourth-order valence-electron chi connectivity index (χ4n) is 3.30.